The molecule has 1 unspecified atom stereocenters. The van der Waals surface area contributed by atoms with Gasteiger partial charge in [-0.2, -0.15) is 0 Å². The molecule has 150 valence electrons. The molecule has 5 heteroatoms. The zero-order chi connectivity index (χ0) is 20.8. The first-order valence-corrected chi connectivity index (χ1v) is 9.78. The number of hydrogen-bond donors (Lipinski definition) is 0. The number of allylic oxidation sites excluding steroid dienone is 2. The number of amides is 1. The van der Waals surface area contributed by atoms with Gasteiger partial charge in [-0.25, -0.2) is 4.39 Å². The summed E-state index contributed by atoms with van der Waals surface area (Å²) in [6, 6.07) is 13.4. The average molecular weight is 393 g/mol. The van der Waals surface area contributed by atoms with E-state index in [9.17, 15) is 14.0 Å². The Balaban J connectivity index is 1.91. The maximum absolute atomic E-state index is 13.5. The number of ether oxygens (including phenoxy) is 1. The van der Waals surface area contributed by atoms with Gasteiger partial charge in [-0.3, -0.25) is 14.5 Å². The molecule has 29 heavy (non-hydrogen) atoms. The van der Waals surface area contributed by atoms with Crippen LogP contribution >= 0.6 is 0 Å². The van der Waals surface area contributed by atoms with Crippen LogP contribution in [0.25, 0.3) is 0 Å². The number of halogens is 1. The Morgan fingerprint density at radius 1 is 1.03 bits per heavy atom. The standard InChI is InChI=1S/C24H24FNO3/c1-24(2)13-19-23(20(27)14-24)18(17-6-4-5-7-21(17)29-3)12-22(28)26(19)16-10-8-15(25)9-11-16/h4-11,18H,12-14H2,1-3H3. The van der Waals surface area contributed by atoms with Crippen molar-refractivity contribution < 1.29 is 18.7 Å². The van der Waals surface area contributed by atoms with Crippen LogP contribution in [0.1, 0.15) is 44.6 Å². The van der Waals surface area contributed by atoms with E-state index in [1.807, 2.05) is 38.1 Å². The molecule has 2 aromatic rings. The predicted molar refractivity (Wildman–Crippen MR) is 109 cm³/mol. The Labute approximate surface area is 170 Å². The number of methoxy groups -OCH3 is 1. The molecule has 0 N–H and O–H groups in total. The highest BCUT2D eigenvalue weighted by Crippen LogP contribution is 2.49. The molecule has 4 nitrogen and oxygen atoms in total. The Hall–Kier alpha value is -2.95. The lowest BCUT2D eigenvalue weighted by Crippen LogP contribution is -2.43. The van der Waals surface area contributed by atoms with Gasteiger partial charge in [-0.1, -0.05) is 32.0 Å². The molecule has 4 rings (SSSR count). The molecular formula is C24H24FNO3. The van der Waals surface area contributed by atoms with E-state index in [0.29, 0.717) is 29.9 Å². The van der Waals surface area contributed by atoms with Gasteiger partial charge >= 0.3 is 0 Å². The van der Waals surface area contributed by atoms with Gasteiger partial charge < -0.3 is 4.74 Å². The Kier molecular flexibility index (Phi) is 4.77. The van der Waals surface area contributed by atoms with E-state index >= 15 is 0 Å². The summed E-state index contributed by atoms with van der Waals surface area (Å²) in [7, 11) is 1.59. The second-order valence-corrected chi connectivity index (χ2v) is 8.51. The van der Waals surface area contributed by atoms with E-state index in [1.54, 1.807) is 24.1 Å². The molecule has 2 aromatic carbocycles. The number of benzene rings is 2. The topological polar surface area (TPSA) is 46.6 Å². The molecule has 0 aromatic heterocycles. The Bertz CT molecular complexity index is 1010. The fourth-order valence-corrected chi connectivity index (χ4v) is 4.53. The van der Waals surface area contributed by atoms with Gasteiger partial charge in [0, 0.05) is 41.3 Å². The molecule has 0 spiro atoms. The van der Waals surface area contributed by atoms with Crippen LogP contribution in [0, 0.1) is 11.2 Å². The summed E-state index contributed by atoms with van der Waals surface area (Å²) < 4.78 is 19.0. The minimum absolute atomic E-state index is 0.0618. The van der Waals surface area contributed by atoms with Crippen LogP contribution in [0.5, 0.6) is 5.75 Å². The van der Waals surface area contributed by atoms with Gasteiger partial charge in [0.25, 0.3) is 0 Å². The van der Waals surface area contributed by atoms with Crippen molar-refractivity contribution in [1.29, 1.82) is 0 Å². The van der Waals surface area contributed by atoms with Crippen LogP contribution in [0.3, 0.4) is 0 Å². The van der Waals surface area contributed by atoms with Gasteiger partial charge in [0.1, 0.15) is 11.6 Å². The Morgan fingerprint density at radius 3 is 2.41 bits per heavy atom. The van der Waals surface area contributed by atoms with Crippen molar-refractivity contribution in [2.75, 3.05) is 12.0 Å². The van der Waals surface area contributed by atoms with Crippen molar-refractivity contribution in [2.24, 2.45) is 5.41 Å². The molecule has 1 atom stereocenters. The molecular weight excluding hydrogens is 369 g/mol. The van der Waals surface area contributed by atoms with Crippen LogP contribution in [-0.4, -0.2) is 18.8 Å². The maximum Gasteiger partial charge on any atom is 0.232 e. The van der Waals surface area contributed by atoms with E-state index in [1.165, 1.54) is 12.1 Å². The van der Waals surface area contributed by atoms with E-state index in [-0.39, 0.29) is 35.3 Å². The lowest BCUT2D eigenvalue weighted by molar-refractivity contribution is -0.121. The summed E-state index contributed by atoms with van der Waals surface area (Å²) in [6.07, 6.45) is 1.20. The molecule has 0 saturated heterocycles. The van der Waals surface area contributed by atoms with Crippen LogP contribution in [0.2, 0.25) is 0 Å². The molecule has 1 aliphatic heterocycles. The predicted octanol–water partition coefficient (Wildman–Crippen LogP) is 5.00. The summed E-state index contributed by atoms with van der Waals surface area (Å²) in [4.78, 5) is 28.2. The number of ketones is 1. The first-order valence-electron chi connectivity index (χ1n) is 9.78. The smallest absolute Gasteiger partial charge is 0.232 e. The van der Waals surface area contributed by atoms with E-state index in [0.717, 1.165) is 11.3 Å². The molecule has 2 aliphatic rings. The fourth-order valence-electron chi connectivity index (χ4n) is 4.53. The summed E-state index contributed by atoms with van der Waals surface area (Å²) in [5.74, 6) is -0.0677. The van der Waals surface area contributed by atoms with Crippen molar-refractivity contribution in [1.82, 2.24) is 0 Å². The first kappa shape index (κ1) is 19.4. The molecule has 1 heterocycles. The van der Waals surface area contributed by atoms with Crippen molar-refractivity contribution >= 4 is 17.4 Å². The quantitative estimate of drug-likeness (QED) is 0.737. The van der Waals surface area contributed by atoms with Crippen LogP contribution in [0.15, 0.2) is 59.8 Å². The number of Topliss-reactive ketones (excluding diaryl/α,β-unsaturated/α-hetero) is 1. The van der Waals surface area contributed by atoms with Gasteiger partial charge in [0.05, 0.1) is 7.11 Å². The number of anilines is 1. The van der Waals surface area contributed by atoms with Gasteiger partial charge in [-0.15, -0.1) is 0 Å². The largest absolute Gasteiger partial charge is 0.496 e. The monoisotopic (exact) mass is 393 g/mol. The second-order valence-electron chi connectivity index (χ2n) is 8.51. The van der Waals surface area contributed by atoms with Crippen LogP contribution in [-0.2, 0) is 9.59 Å². The third-order valence-electron chi connectivity index (χ3n) is 5.74. The third-order valence-corrected chi connectivity index (χ3v) is 5.74. The van der Waals surface area contributed by atoms with Crippen molar-refractivity contribution in [3.63, 3.8) is 0 Å². The second kappa shape index (κ2) is 7.14. The maximum atomic E-state index is 13.5. The van der Waals surface area contributed by atoms with E-state index in [2.05, 4.69) is 0 Å². The highest BCUT2D eigenvalue weighted by atomic mass is 19.1. The highest BCUT2D eigenvalue weighted by molar-refractivity contribution is 6.07. The molecule has 0 radical (unpaired) electrons. The van der Waals surface area contributed by atoms with Gasteiger partial charge in [0.2, 0.25) is 5.91 Å². The number of carbonyl (C=O) groups is 2. The fraction of sp³-hybridized carbons (Fsp3) is 0.333. The lowest BCUT2D eigenvalue weighted by Gasteiger charge is -2.43. The van der Waals surface area contributed by atoms with E-state index in [4.69, 9.17) is 4.74 Å². The number of hydrogen-bond acceptors (Lipinski definition) is 3. The SMILES string of the molecule is COc1ccccc1C1CC(=O)N(c2ccc(F)cc2)C2=C1C(=O)CC(C)(C)C2. The molecule has 0 saturated carbocycles. The number of nitrogens with zero attached hydrogens (tertiary/aromatic N) is 1. The first-order chi connectivity index (χ1) is 13.8. The molecule has 1 amide bonds. The number of carbonyl (C=O) groups excluding carboxylic acids is 2. The van der Waals surface area contributed by atoms with E-state index < -0.39 is 0 Å². The van der Waals surface area contributed by atoms with Gasteiger partial charge in [0.15, 0.2) is 5.78 Å². The zero-order valence-electron chi connectivity index (χ0n) is 16.9. The Morgan fingerprint density at radius 2 is 1.72 bits per heavy atom. The minimum Gasteiger partial charge on any atom is -0.496 e. The lowest BCUT2D eigenvalue weighted by atomic mass is 9.69. The van der Waals surface area contributed by atoms with Crippen molar-refractivity contribution in [3.05, 3.63) is 71.2 Å². The molecule has 0 bridgehead atoms. The normalized spacial score (nSPS) is 21.2. The highest BCUT2D eigenvalue weighted by Gasteiger charge is 2.44. The molecule has 0 fully saturated rings. The van der Waals surface area contributed by atoms with Gasteiger partial charge in [-0.05, 0) is 42.2 Å². The van der Waals surface area contributed by atoms with Crippen molar-refractivity contribution in [3.8, 4) is 5.75 Å². The van der Waals surface area contributed by atoms with Crippen LogP contribution < -0.4 is 9.64 Å². The van der Waals surface area contributed by atoms with Crippen LogP contribution in [0.4, 0.5) is 10.1 Å². The summed E-state index contributed by atoms with van der Waals surface area (Å²) >= 11 is 0. The number of para-hydroxylation sites is 1. The number of rotatable bonds is 3. The average Bonchev–Trinajstić information content (AvgIpc) is 2.67. The van der Waals surface area contributed by atoms with Crippen molar-refractivity contribution in [2.45, 2.75) is 39.0 Å². The summed E-state index contributed by atoms with van der Waals surface area (Å²) in [5, 5.41) is 0. The molecule has 1 aliphatic carbocycles. The third kappa shape index (κ3) is 3.46. The minimum atomic E-state index is -0.362. The summed E-state index contributed by atoms with van der Waals surface area (Å²) in [6.45, 7) is 4.07. The zero-order valence-corrected chi connectivity index (χ0v) is 16.9. The summed E-state index contributed by atoms with van der Waals surface area (Å²) in [5.41, 5.74) is 2.59.